The first-order chi connectivity index (χ1) is 6.56. The van der Waals surface area contributed by atoms with Crippen molar-refractivity contribution in [3.8, 4) is 5.75 Å². The molecule has 1 N–H and O–H groups in total. The van der Waals surface area contributed by atoms with Crippen LogP contribution in [0, 0.1) is 0 Å². The number of carbonyl (C=O) groups excluding carboxylic acids is 2. The van der Waals surface area contributed by atoms with Crippen LogP contribution < -0.4 is 0 Å². The molecule has 74 valence electrons. The number of hydrogen-bond acceptors (Lipinski definition) is 4. The number of halogens is 1. The molecule has 0 spiro atoms. The van der Waals surface area contributed by atoms with Crippen LogP contribution >= 0.6 is 11.6 Å². The van der Waals surface area contributed by atoms with Gasteiger partial charge in [-0.15, -0.1) is 0 Å². The van der Waals surface area contributed by atoms with Crippen molar-refractivity contribution < 1.29 is 19.4 Å². The maximum Gasteiger partial charge on any atom is 0.379 e. The second-order valence-corrected chi connectivity index (χ2v) is 2.92. The lowest BCUT2D eigenvalue weighted by atomic mass is 10.1. The molecule has 1 aromatic carbocycles. The number of benzene rings is 1. The molecule has 0 aliphatic rings. The Balaban J connectivity index is 3.08. The van der Waals surface area contributed by atoms with E-state index in [2.05, 4.69) is 4.74 Å². The predicted molar refractivity (Wildman–Crippen MR) is 49.5 cm³/mol. The first-order valence-electron chi connectivity index (χ1n) is 3.67. The highest BCUT2D eigenvalue weighted by Gasteiger charge is 2.19. The third kappa shape index (κ3) is 2.03. The van der Waals surface area contributed by atoms with Crippen molar-refractivity contribution in [1.82, 2.24) is 0 Å². The molecule has 0 radical (unpaired) electrons. The van der Waals surface area contributed by atoms with E-state index in [4.69, 9.17) is 11.6 Å². The first kappa shape index (κ1) is 10.5. The second kappa shape index (κ2) is 4.11. The summed E-state index contributed by atoms with van der Waals surface area (Å²) in [6, 6.07) is 3.84. The molecule has 0 saturated heterocycles. The predicted octanol–water partition coefficient (Wildman–Crippen LogP) is 1.40. The van der Waals surface area contributed by atoms with Gasteiger partial charge in [0.2, 0.25) is 0 Å². The van der Waals surface area contributed by atoms with Gasteiger partial charge in [-0.25, -0.2) is 4.79 Å². The average Bonchev–Trinajstić information content (AvgIpc) is 2.15. The summed E-state index contributed by atoms with van der Waals surface area (Å²) in [4.78, 5) is 22.1. The van der Waals surface area contributed by atoms with E-state index in [1.165, 1.54) is 18.2 Å². The summed E-state index contributed by atoms with van der Waals surface area (Å²) >= 11 is 5.55. The van der Waals surface area contributed by atoms with Crippen molar-refractivity contribution >= 4 is 23.4 Å². The van der Waals surface area contributed by atoms with Gasteiger partial charge in [0.1, 0.15) is 5.75 Å². The molecule has 14 heavy (non-hydrogen) atoms. The number of ether oxygens (including phenoxy) is 1. The van der Waals surface area contributed by atoms with Gasteiger partial charge in [0.15, 0.2) is 0 Å². The van der Waals surface area contributed by atoms with Gasteiger partial charge in [-0.05, 0) is 18.2 Å². The van der Waals surface area contributed by atoms with Crippen molar-refractivity contribution in [2.75, 3.05) is 7.11 Å². The number of methoxy groups -OCH3 is 1. The maximum atomic E-state index is 11.2. The molecule has 0 unspecified atom stereocenters. The van der Waals surface area contributed by atoms with Gasteiger partial charge >= 0.3 is 5.97 Å². The molecule has 0 aromatic heterocycles. The van der Waals surface area contributed by atoms with Crippen LogP contribution in [-0.4, -0.2) is 24.0 Å². The summed E-state index contributed by atoms with van der Waals surface area (Å²) in [6.07, 6.45) is 0. The number of phenolic OH excluding ortho intramolecular Hbond substituents is 1. The van der Waals surface area contributed by atoms with Gasteiger partial charge in [-0.3, -0.25) is 4.79 Å². The molecule has 0 fully saturated rings. The molecule has 1 aromatic rings. The van der Waals surface area contributed by atoms with Crippen LogP contribution in [-0.2, 0) is 9.53 Å². The van der Waals surface area contributed by atoms with Crippen molar-refractivity contribution in [3.05, 3.63) is 28.8 Å². The van der Waals surface area contributed by atoms with E-state index in [1.54, 1.807) is 0 Å². The van der Waals surface area contributed by atoms with E-state index in [0.717, 1.165) is 7.11 Å². The van der Waals surface area contributed by atoms with Crippen molar-refractivity contribution in [1.29, 1.82) is 0 Å². The number of rotatable bonds is 2. The molecular weight excluding hydrogens is 208 g/mol. The summed E-state index contributed by atoms with van der Waals surface area (Å²) in [5.41, 5.74) is -0.124. The van der Waals surface area contributed by atoms with E-state index < -0.39 is 11.8 Å². The van der Waals surface area contributed by atoms with Gasteiger partial charge < -0.3 is 9.84 Å². The van der Waals surface area contributed by atoms with Gasteiger partial charge in [0, 0.05) is 5.02 Å². The fraction of sp³-hybridized carbons (Fsp3) is 0.111. The van der Waals surface area contributed by atoms with E-state index in [1.807, 2.05) is 0 Å². The van der Waals surface area contributed by atoms with Crippen LogP contribution in [0.15, 0.2) is 18.2 Å². The van der Waals surface area contributed by atoms with Crippen LogP contribution in [0.4, 0.5) is 0 Å². The number of ketones is 1. The lowest BCUT2D eigenvalue weighted by Crippen LogP contribution is -2.15. The topological polar surface area (TPSA) is 63.6 Å². The van der Waals surface area contributed by atoms with Crippen LogP contribution in [0.3, 0.4) is 0 Å². The van der Waals surface area contributed by atoms with Crippen molar-refractivity contribution in [2.45, 2.75) is 0 Å². The second-order valence-electron chi connectivity index (χ2n) is 2.48. The number of carbonyl (C=O) groups is 2. The lowest BCUT2D eigenvalue weighted by molar-refractivity contribution is -0.135. The maximum absolute atomic E-state index is 11.2. The molecule has 5 heteroatoms. The molecule has 4 nitrogen and oxygen atoms in total. The zero-order valence-corrected chi connectivity index (χ0v) is 8.04. The quantitative estimate of drug-likeness (QED) is 0.459. The summed E-state index contributed by atoms with van der Waals surface area (Å²) in [5, 5.41) is 9.57. The van der Waals surface area contributed by atoms with Crippen LogP contribution in [0.25, 0.3) is 0 Å². The Morgan fingerprint density at radius 3 is 2.57 bits per heavy atom. The van der Waals surface area contributed by atoms with Gasteiger partial charge in [0.25, 0.3) is 5.78 Å². The Morgan fingerprint density at radius 2 is 2.07 bits per heavy atom. The minimum atomic E-state index is -1.03. The van der Waals surface area contributed by atoms with E-state index in [9.17, 15) is 14.7 Å². The smallest absolute Gasteiger partial charge is 0.379 e. The third-order valence-electron chi connectivity index (χ3n) is 1.58. The van der Waals surface area contributed by atoms with Gasteiger partial charge in [0.05, 0.1) is 12.7 Å². The first-order valence-corrected chi connectivity index (χ1v) is 4.05. The minimum Gasteiger partial charge on any atom is -0.507 e. The van der Waals surface area contributed by atoms with Crippen molar-refractivity contribution in [2.24, 2.45) is 0 Å². The molecule has 0 saturated carbocycles. The minimum absolute atomic E-state index is 0.124. The Morgan fingerprint density at radius 1 is 1.43 bits per heavy atom. The summed E-state index contributed by atoms with van der Waals surface area (Å²) in [6.45, 7) is 0. The molecule has 0 aliphatic carbocycles. The number of hydrogen-bond donors (Lipinski definition) is 1. The largest absolute Gasteiger partial charge is 0.507 e. The molecule has 0 atom stereocenters. The lowest BCUT2D eigenvalue weighted by Gasteiger charge is -2.01. The number of Topliss-reactive ketones (excluding diaryl/α,β-unsaturated/α-hetero) is 1. The third-order valence-corrected chi connectivity index (χ3v) is 1.81. The van der Waals surface area contributed by atoms with Gasteiger partial charge in [-0.2, -0.15) is 0 Å². The average molecular weight is 215 g/mol. The normalized spacial score (nSPS) is 9.57. The summed E-state index contributed by atoms with van der Waals surface area (Å²) in [7, 11) is 1.09. The van der Waals surface area contributed by atoms with Crippen molar-refractivity contribution in [3.63, 3.8) is 0 Å². The number of esters is 1. The zero-order valence-electron chi connectivity index (χ0n) is 7.28. The highest BCUT2D eigenvalue weighted by Crippen LogP contribution is 2.22. The highest BCUT2D eigenvalue weighted by molar-refractivity contribution is 6.41. The SMILES string of the molecule is COC(=O)C(=O)c1ccc(Cl)cc1O. The standard InChI is InChI=1S/C9H7ClO4/c1-14-9(13)8(12)6-3-2-5(10)4-7(6)11/h2-4,11H,1H3. The highest BCUT2D eigenvalue weighted by atomic mass is 35.5. The molecule has 0 bridgehead atoms. The number of aromatic hydroxyl groups is 1. The van der Waals surface area contributed by atoms with E-state index in [-0.39, 0.29) is 16.3 Å². The fourth-order valence-corrected chi connectivity index (χ4v) is 1.07. The molecule has 0 aliphatic heterocycles. The zero-order chi connectivity index (χ0) is 10.7. The Bertz CT molecular complexity index is 386. The van der Waals surface area contributed by atoms with Crippen LogP contribution in [0.2, 0.25) is 5.02 Å². The molecule has 0 amide bonds. The monoisotopic (exact) mass is 214 g/mol. The van der Waals surface area contributed by atoms with Crippen LogP contribution in [0.1, 0.15) is 10.4 Å². The van der Waals surface area contributed by atoms with E-state index in [0.29, 0.717) is 0 Å². The molecular formula is C9H7ClO4. The van der Waals surface area contributed by atoms with Crippen LogP contribution in [0.5, 0.6) is 5.75 Å². The summed E-state index contributed by atoms with van der Waals surface area (Å²) < 4.78 is 4.22. The molecule has 0 heterocycles. The Hall–Kier alpha value is -1.55. The van der Waals surface area contributed by atoms with Gasteiger partial charge in [-0.1, -0.05) is 11.6 Å². The Kier molecular flexibility index (Phi) is 3.09. The number of phenols is 1. The summed E-state index contributed by atoms with van der Waals surface area (Å²) in [5.74, 6) is -2.27. The fourth-order valence-electron chi connectivity index (χ4n) is 0.899. The molecule has 1 rings (SSSR count). The van der Waals surface area contributed by atoms with E-state index >= 15 is 0 Å². The Labute approximate surface area is 85.1 Å².